The van der Waals surface area contributed by atoms with Crippen LogP contribution in [-0.4, -0.2) is 54.7 Å². The molecule has 0 aromatic rings. The second kappa shape index (κ2) is 4.59. The van der Waals surface area contributed by atoms with Crippen molar-refractivity contribution in [3.8, 4) is 0 Å². The average molecular weight is 396 g/mol. The molecular formula is C6H12N4O8S4. The predicted molar refractivity (Wildman–Crippen MR) is 72.6 cm³/mol. The first-order chi connectivity index (χ1) is 9.87. The lowest BCUT2D eigenvalue weighted by Gasteiger charge is -2.43. The van der Waals surface area contributed by atoms with Gasteiger partial charge in [-0.2, -0.15) is 0 Å². The highest BCUT2D eigenvalue weighted by Crippen LogP contribution is 2.37. The number of nitrogens with one attached hydrogen (secondary N) is 4. The van der Waals surface area contributed by atoms with Crippen LogP contribution in [0.5, 0.6) is 0 Å². The van der Waals surface area contributed by atoms with Crippen LogP contribution in [0.25, 0.3) is 0 Å². The van der Waals surface area contributed by atoms with Crippen molar-refractivity contribution in [1.29, 1.82) is 0 Å². The van der Waals surface area contributed by atoms with E-state index in [0.29, 0.717) is 0 Å². The van der Waals surface area contributed by atoms with E-state index in [-0.39, 0.29) is 0 Å². The summed E-state index contributed by atoms with van der Waals surface area (Å²) in [6.07, 6.45) is -1.27. The van der Waals surface area contributed by atoms with Gasteiger partial charge in [-0.25, -0.2) is 33.7 Å². The van der Waals surface area contributed by atoms with Crippen LogP contribution in [0.15, 0.2) is 0 Å². The molecule has 3 aliphatic rings. The van der Waals surface area contributed by atoms with E-state index in [9.17, 15) is 33.7 Å². The van der Waals surface area contributed by atoms with Gasteiger partial charge in [-0.15, -0.1) is 19.3 Å². The molecule has 22 heavy (non-hydrogen) atoms. The van der Waals surface area contributed by atoms with Gasteiger partial charge in [0, 0.05) is 0 Å². The molecule has 2 aliphatic heterocycles. The number of fused-ring (bicyclic) bond motifs is 2. The van der Waals surface area contributed by atoms with Crippen LogP contribution in [0.3, 0.4) is 0 Å². The Morgan fingerprint density at radius 2 is 0.636 bits per heavy atom. The first kappa shape index (κ1) is 16.5. The van der Waals surface area contributed by atoms with E-state index in [1.54, 1.807) is 19.3 Å². The molecule has 0 bridgehead atoms. The Kier molecular flexibility index (Phi) is 3.44. The van der Waals surface area contributed by atoms with Crippen molar-refractivity contribution in [1.82, 2.24) is 19.3 Å². The zero-order valence-corrected chi connectivity index (χ0v) is 13.9. The van der Waals surface area contributed by atoms with Crippen LogP contribution in [0, 0.1) is 0 Å². The Hall–Kier alpha value is -0.360. The first-order valence-corrected chi connectivity index (χ1v) is 12.1. The van der Waals surface area contributed by atoms with Gasteiger partial charge in [0.05, 0.1) is 21.0 Å². The SMILES string of the molecule is O=S1(=O)NNS(=O)(=O)C2CC3C(CC21)S(=O)(=O)NNS3(=O)=O. The van der Waals surface area contributed by atoms with Crippen molar-refractivity contribution in [2.75, 3.05) is 0 Å². The fraction of sp³-hybridized carbons (Fsp3) is 1.00. The molecule has 128 valence electrons. The third-order valence-electron chi connectivity index (χ3n) is 4.01. The number of rotatable bonds is 0. The van der Waals surface area contributed by atoms with Gasteiger partial charge in [-0.1, -0.05) is 0 Å². The molecule has 3 fully saturated rings. The first-order valence-electron chi connectivity index (χ1n) is 5.89. The van der Waals surface area contributed by atoms with Gasteiger partial charge in [0.2, 0.25) is 40.1 Å². The highest BCUT2D eigenvalue weighted by molar-refractivity contribution is 7.98. The summed E-state index contributed by atoms with van der Waals surface area (Å²) in [5.41, 5.74) is 0. The Bertz CT molecular complexity index is 765. The van der Waals surface area contributed by atoms with E-state index in [2.05, 4.69) is 0 Å². The zero-order chi connectivity index (χ0) is 16.6. The highest BCUT2D eigenvalue weighted by atomic mass is 32.2. The Morgan fingerprint density at radius 3 is 0.818 bits per heavy atom. The molecule has 0 spiro atoms. The topological polar surface area (TPSA) is 185 Å². The lowest BCUT2D eigenvalue weighted by Crippen LogP contribution is -2.70. The predicted octanol–water partition coefficient (Wildman–Crippen LogP) is -4.21. The van der Waals surface area contributed by atoms with Crippen molar-refractivity contribution in [3.05, 3.63) is 0 Å². The Labute approximate surface area is 127 Å². The summed E-state index contributed by atoms with van der Waals surface area (Å²) < 4.78 is 95.5. The van der Waals surface area contributed by atoms with Crippen molar-refractivity contribution in [3.63, 3.8) is 0 Å². The molecule has 0 radical (unpaired) electrons. The fourth-order valence-corrected chi connectivity index (χ4v) is 11.3. The number of hydrazine groups is 2. The van der Waals surface area contributed by atoms with Gasteiger partial charge >= 0.3 is 0 Å². The second-order valence-corrected chi connectivity index (χ2v) is 12.8. The van der Waals surface area contributed by atoms with Gasteiger partial charge in [0.1, 0.15) is 0 Å². The molecular weight excluding hydrogens is 384 g/mol. The van der Waals surface area contributed by atoms with E-state index in [1.165, 1.54) is 0 Å². The highest BCUT2D eigenvalue weighted by Gasteiger charge is 2.59. The maximum atomic E-state index is 11.9. The van der Waals surface area contributed by atoms with Crippen LogP contribution in [0.2, 0.25) is 0 Å². The number of hydrogen-bond donors (Lipinski definition) is 4. The van der Waals surface area contributed by atoms with E-state index in [0.717, 1.165) is 0 Å². The molecule has 4 unspecified atom stereocenters. The third-order valence-corrected chi connectivity index (χ3v) is 11.4. The van der Waals surface area contributed by atoms with Gasteiger partial charge in [-0.05, 0) is 12.8 Å². The summed E-state index contributed by atoms with van der Waals surface area (Å²) in [6, 6.07) is 0. The average Bonchev–Trinajstić information content (AvgIpc) is 2.40. The second-order valence-electron chi connectivity index (χ2n) is 5.21. The minimum Gasteiger partial charge on any atom is -0.211 e. The molecule has 0 aromatic carbocycles. The molecule has 4 atom stereocenters. The van der Waals surface area contributed by atoms with Crippen LogP contribution >= 0.6 is 0 Å². The van der Waals surface area contributed by atoms with Gasteiger partial charge in [-0.3, -0.25) is 0 Å². The Balaban J connectivity index is 2.13. The molecule has 2 heterocycles. The van der Waals surface area contributed by atoms with E-state index >= 15 is 0 Å². The minimum atomic E-state index is -4.14. The van der Waals surface area contributed by atoms with Crippen molar-refractivity contribution < 1.29 is 33.7 Å². The zero-order valence-electron chi connectivity index (χ0n) is 10.6. The van der Waals surface area contributed by atoms with Crippen molar-refractivity contribution in [2.45, 2.75) is 33.8 Å². The number of hydrogen-bond acceptors (Lipinski definition) is 8. The van der Waals surface area contributed by atoms with Gasteiger partial charge in [0.25, 0.3) is 0 Å². The lowest BCUT2D eigenvalue weighted by atomic mass is 9.98. The molecule has 3 rings (SSSR count). The third kappa shape index (κ3) is 2.37. The fourth-order valence-electron chi connectivity index (χ4n) is 2.91. The standard InChI is InChI=1S/C6H12N4O8S4/c11-19(12)3-1-4-6(2-5(3)21(15,16)9-7-19)22(17,18)10-8-20(4,13)14/h3-10H,1-2H2. The summed E-state index contributed by atoms with van der Waals surface area (Å²) in [5, 5.41) is -6.20. The molecule has 1 saturated carbocycles. The molecule has 12 nitrogen and oxygen atoms in total. The van der Waals surface area contributed by atoms with Crippen molar-refractivity contribution in [2.24, 2.45) is 0 Å². The van der Waals surface area contributed by atoms with Crippen molar-refractivity contribution >= 4 is 40.1 Å². The van der Waals surface area contributed by atoms with Gasteiger partial charge < -0.3 is 0 Å². The van der Waals surface area contributed by atoms with E-state index in [1.807, 2.05) is 0 Å². The maximum absolute atomic E-state index is 11.9. The normalized spacial score (nSPS) is 44.4. The summed E-state index contributed by atoms with van der Waals surface area (Å²) >= 11 is 0. The maximum Gasteiger partial charge on any atom is 0.229 e. The summed E-state index contributed by atoms with van der Waals surface area (Å²) in [6.45, 7) is 0. The van der Waals surface area contributed by atoms with Crippen LogP contribution in [0.4, 0.5) is 0 Å². The van der Waals surface area contributed by atoms with Crippen LogP contribution in [0.1, 0.15) is 12.8 Å². The molecule has 1 aliphatic carbocycles. The monoisotopic (exact) mass is 396 g/mol. The van der Waals surface area contributed by atoms with Crippen LogP contribution < -0.4 is 19.3 Å². The lowest BCUT2D eigenvalue weighted by molar-refractivity contribution is 0.419. The van der Waals surface area contributed by atoms with E-state index in [4.69, 9.17) is 0 Å². The summed E-state index contributed by atoms with van der Waals surface area (Å²) in [5.74, 6) is 0. The number of sulfonamides is 4. The smallest absolute Gasteiger partial charge is 0.211 e. The summed E-state index contributed by atoms with van der Waals surface area (Å²) in [7, 11) is -16.6. The molecule has 2 saturated heterocycles. The molecule has 16 heteroatoms. The van der Waals surface area contributed by atoms with Gasteiger partial charge in [0.15, 0.2) is 0 Å². The molecule has 0 amide bonds. The molecule has 0 aromatic heterocycles. The van der Waals surface area contributed by atoms with E-state index < -0.39 is 73.9 Å². The van der Waals surface area contributed by atoms with Crippen LogP contribution in [-0.2, 0) is 40.1 Å². The molecule has 4 N–H and O–H groups in total. The summed E-state index contributed by atoms with van der Waals surface area (Å²) in [4.78, 5) is 6.58. The largest absolute Gasteiger partial charge is 0.229 e. The Morgan fingerprint density at radius 1 is 0.455 bits per heavy atom. The quantitative estimate of drug-likeness (QED) is 0.317. The minimum absolute atomic E-state index is 0.637.